The largest absolute Gasteiger partial charge is 0.446 e. The molecule has 1 N–H and O–H groups in total. The van der Waals surface area contributed by atoms with Crippen molar-refractivity contribution in [1.82, 2.24) is 20.2 Å². The summed E-state index contributed by atoms with van der Waals surface area (Å²) in [5.74, 6) is 0.500. The molecule has 0 spiro atoms. The molecule has 31 heavy (non-hydrogen) atoms. The maximum absolute atomic E-state index is 13.9. The van der Waals surface area contributed by atoms with E-state index in [-0.39, 0.29) is 5.82 Å². The van der Waals surface area contributed by atoms with Crippen molar-refractivity contribution in [3.05, 3.63) is 89.5 Å². The molecule has 6 nitrogen and oxygen atoms in total. The highest BCUT2D eigenvalue weighted by Crippen LogP contribution is 2.39. The van der Waals surface area contributed by atoms with E-state index < -0.39 is 6.23 Å². The van der Waals surface area contributed by atoms with Crippen LogP contribution in [0.2, 0.25) is 0 Å². The minimum Gasteiger partial charge on any atom is -0.446 e. The van der Waals surface area contributed by atoms with Crippen LogP contribution >= 0.6 is 11.8 Å². The molecule has 4 aromatic rings. The molecular formula is C23H18FN5OS. The number of anilines is 1. The second kappa shape index (κ2) is 8.31. The molecule has 0 fully saturated rings. The van der Waals surface area contributed by atoms with E-state index in [0.717, 1.165) is 22.6 Å². The molecule has 154 valence electrons. The van der Waals surface area contributed by atoms with Crippen molar-refractivity contribution in [3.63, 3.8) is 0 Å². The number of para-hydroxylation sites is 1. The van der Waals surface area contributed by atoms with Gasteiger partial charge < -0.3 is 10.1 Å². The molecule has 2 aromatic heterocycles. The smallest absolute Gasteiger partial charge is 0.247 e. The molecule has 1 unspecified atom stereocenters. The Kier molecular flexibility index (Phi) is 5.21. The number of thioether (sulfide) groups is 1. The van der Waals surface area contributed by atoms with Gasteiger partial charge in [-0.3, -0.25) is 4.98 Å². The normalized spacial score (nSPS) is 14.6. The van der Waals surface area contributed by atoms with Crippen LogP contribution in [-0.4, -0.2) is 20.2 Å². The van der Waals surface area contributed by atoms with Crippen molar-refractivity contribution in [2.75, 3.05) is 5.32 Å². The third-order valence-electron chi connectivity index (χ3n) is 4.83. The average molecular weight is 431 g/mol. The van der Waals surface area contributed by atoms with E-state index in [0.29, 0.717) is 28.0 Å². The number of nitrogens with one attached hydrogen (secondary N) is 1. The van der Waals surface area contributed by atoms with Gasteiger partial charge in [0.15, 0.2) is 5.69 Å². The molecular weight excluding hydrogens is 413 g/mol. The molecule has 2 aromatic carbocycles. The summed E-state index contributed by atoms with van der Waals surface area (Å²) in [4.78, 5) is 9.19. The zero-order valence-electron chi connectivity index (χ0n) is 16.6. The predicted octanol–water partition coefficient (Wildman–Crippen LogP) is 5.18. The third-order valence-corrected chi connectivity index (χ3v) is 5.71. The van der Waals surface area contributed by atoms with Crippen LogP contribution in [0.3, 0.4) is 0 Å². The van der Waals surface area contributed by atoms with Gasteiger partial charge in [-0.2, -0.15) is 4.98 Å². The number of aryl methyl sites for hydroxylation is 1. The number of hydrogen-bond donors (Lipinski definition) is 1. The lowest BCUT2D eigenvalue weighted by Gasteiger charge is -2.18. The number of nitrogens with zero attached hydrogens (tertiary/aromatic N) is 4. The van der Waals surface area contributed by atoms with Crippen molar-refractivity contribution >= 4 is 17.4 Å². The van der Waals surface area contributed by atoms with Crippen molar-refractivity contribution in [2.45, 2.75) is 24.1 Å². The first-order valence-corrected chi connectivity index (χ1v) is 10.7. The maximum Gasteiger partial charge on any atom is 0.247 e. The Morgan fingerprint density at radius 1 is 0.968 bits per heavy atom. The van der Waals surface area contributed by atoms with Gasteiger partial charge in [0, 0.05) is 22.7 Å². The molecule has 1 aliphatic heterocycles. The fraction of sp³-hybridized carbons (Fsp3) is 0.130. The van der Waals surface area contributed by atoms with Gasteiger partial charge in [-0.05, 0) is 36.8 Å². The van der Waals surface area contributed by atoms with Crippen LogP contribution in [-0.2, 0) is 5.75 Å². The van der Waals surface area contributed by atoms with Crippen molar-refractivity contribution in [1.29, 1.82) is 0 Å². The number of benzene rings is 2. The topological polar surface area (TPSA) is 72.8 Å². The Balaban J connectivity index is 1.50. The molecule has 3 heterocycles. The Bertz CT molecular complexity index is 1250. The second-order valence-electron chi connectivity index (χ2n) is 7.02. The highest BCUT2D eigenvalue weighted by atomic mass is 32.2. The summed E-state index contributed by atoms with van der Waals surface area (Å²) in [7, 11) is 0. The summed E-state index contributed by atoms with van der Waals surface area (Å²) in [5.41, 5.74) is 4.47. The number of fused-ring (bicyclic) bond motifs is 3. The molecule has 0 bridgehead atoms. The lowest BCUT2D eigenvalue weighted by molar-refractivity contribution is 0.220. The van der Waals surface area contributed by atoms with Crippen LogP contribution in [0.4, 0.5) is 10.1 Å². The highest BCUT2D eigenvalue weighted by Gasteiger charge is 2.26. The zero-order chi connectivity index (χ0) is 21.2. The fourth-order valence-corrected chi connectivity index (χ4v) is 4.07. The van der Waals surface area contributed by atoms with Crippen molar-refractivity contribution in [3.8, 4) is 17.1 Å². The van der Waals surface area contributed by atoms with Gasteiger partial charge in [0.25, 0.3) is 0 Å². The number of ether oxygens (including phenoxy) is 1. The summed E-state index contributed by atoms with van der Waals surface area (Å²) in [6, 6.07) is 20.2. The quantitative estimate of drug-likeness (QED) is 0.447. The molecule has 5 rings (SSSR count). The van der Waals surface area contributed by atoms with Crippen LogP contribution in [0.25, 0.3) is 11.3 Å². The minimum absolute atomic E-state index is 0.252. The Morgan fingerprint density at radius 3 is 2.68 bits per heavy atom. The van der Waals surface area contributed by atoms with Crippen molar-refractivity contribution in [2.24, 2.45) is 0 Å². The van der Waals surface area contributed by atoms with E-state index in [1.165, 1.54) is 17.8 Å². The number of pyridine rings is 1. The van der Waals surface area contributed by atoms with E-state index in [1.54, 1.807) is 18.2 Å². The van der Waals surface area contributed by atoms with Gasteiger partial charge in [-0.25, -0.2) is 4.39 Å². The number of aromatic nitrogens is 4. The predicted molar refractivity (Wildman–Crippen MR) is 117 cm³/mol. The third kappa shape index (κ3) is 4.06. The highest BCUT2D eigenvalue weighted by molar-refractivity contribution is 7.98. The molecule has 0 saturated heterocycles. The van der Waals surface area contributed by atoms with Gasteiger partial charge >= 0.3 is 0 Å². The number of hydrogen-bond acceptors (Lipinski definition) is 7. The Morgan fingerprint density at radius 2 is 1.81 bits per heavy atom. The van der Waals surface area contributed by atoms with Gasteiger partial charge in [0.2, 0.25) is 17.3 Å². The summed E-state index contributed by atoms with van der Waals surface area (Å²) in [5, 5.41) is 12.4. The molecule has 0 radical (unpaired) electrons. The Labute approximate surface area is 182 Å². The first kappa shape index (κ1) is 19.4. The minimum atomic E-state index is -0.539. The second-order valence-corrected chi connectivity index (χ2v) is 7.96. The average Bonchev–Trinajstić information content (AvgIpc) is 2.95. The summed E-state index contributed by atoms with van der Waals surface area (Å²) < 4.78 is 20.2. The SMILES string of the molecule is Cc1cccc(C2Nc3ccccc3-c3nnc(SCc4ccccc4F)nc3O2)n1. The van der Waals surface area contributed by atoms with Crippen molar-refractivity contribution < 1.29 is 9.13 Å². The number of halogens is 1. The molecule has 8 heteroatoms. The lowest BCUT2D eigenvalue weighted by Crippen LogP contribution is -2.18. The monoisotopic (exact) mass is 431 g/mol. The van der Waals surface area contributed by atoms with Gasteiger partial charge in [-0.1, -0.05) is 54.2 Å². The van der Waals surface area contributed by atoms with Crippen LogP contribution in [0.1, 0.15) is 23.2 Å². The van der Waals surface area contributed by atoms with Crippen LogP contribution in [0.15, 0.2) is 71.9 Å². The van der Waals surface area contributed by atoms with E-state index in [1.807, 2.05) is 49.4 Å². The maximum atomic E-state index is 13.9. The summed E-state index contributed by atoms with van der Waals surface area (Å²) in [6.07, 6.45) is -0.539. The zero-order valence-corrected chi connectivity index (χ0v) is 17.4. The van der Waals surface area contributed by atoms with Crippen LogP contribution in [0.5, 0.6) is 5.88 Å². The molecule has 0 aliphatic carbocycles. The van der Waals surface area contributed by atoms with E-state index in [2.05, 4.69) is 25.5 Å². The first-order chi connectivity index (χ1) is 15.2. The fourth-order valence-electron chi connectivity index (χ4n) is 3.31. The van der Waals surface area contributed by atoms with E-state index in [4.69, 9.17) is 4.74 Å². The summed E-state index contributed by atoms with van der Waals surface area (Å²) in [6.45, 7) is 1.93. The number of rotatable bonds is 4. The standard InChI is InChI=1S/C23H18FN5OS/c1-14-7-6-12-19(25-14)21-26-18-11-5-3-9-16(18)20-22(30-21)27-23(29-28-20)31-13-15-8-2-4-10-17(15)24/h2-12,21,26H,13H2,1H3. The molecule has 1 aliphatic rings. The van der Waals surface area contributed by atoms with Crippen LogP contribution < -0.4 is 10.1 Å². The van der Waals surface area contributed by atoms with E-state index >= 15 is 0 Å². The van der Waals surface area contributed by atoms with Gasteiger partial charge in [-0.15, -0.1) is 10.2 Å². The molecule has 0 amide bonds. The van der Waals surface area contributed by atoms with Gasteiger partial charge in [0.1, 0.15) is 11.5 Å². The van der Waals surface area contributed by atoms with Gasteiger partial charge in [0.05, 0.1) is 0 Å². The van der Waals surface area contributed by atoms with E-state index in [9.17, 15) is 4.39 Å². The Hall–Kier alpha value is -3.52. The van der Waals surface area contributed by atoms with Crippen LogP contribution in [0, 0.1) is 12.7 Å². The molecule has 0 saturated carbocycles. The first-order valence-electron chi connectivity index (χ1n) is 9.74. The summed E-state index contributed by atoms with van der Waals surface area (Å²) >= 11 is 1.31. The lowest BCUT2D eigenvalue weighted by atomic mass is 10.1. The molecule has 1 atom stereocenters.